The van der Waals surface area contributed by atoms with Crippen molar-refractivity contribution in [2.75, 3.05) is 14.2 Å². The molecule has 0 atom stereocenters. The fourth-order valence-electron chi connectivity index (χ4n) is 2.46. The number of carbonyl (C=O) groups is 2. The van der Waals surface area contributed by atoms with E-state index in [1.165, 1.54) is 14.2 Å². The normalized spacial score (nSPS) is 10.4. The Bertz CT molecular complexity index is 692. The zero-order valence-electron chi connectivity index (χ0n) is 13.5. The maximum atomic E-state index is 11.9. The smallest absolute Gasteiger partial charge is 0.339 e. The standard InChI is InChI=1S/C17H20N2O4/c1-12-15(17(21)23-3)9-14(6-7-16(20)22-2)19(12)11-13-5-4-8-18-10-13/h4-5,8-10H,6-7,11H2,1-3H3. The van der Waals surface area contributed by atoms with Crippen LogP contribution in [-0.4, -0.2) is 35.7 Å². The van der Waals surface area contributed by atoms with E-state index in [0.29, 0.717) is 18.5 Å². The van der Waals surface area contributed by atoms with Gasteiger partial charge in [-0.2, -0.15) is 0 Å². The van der Waals surface area contributed by atoms with E-state index >= 15 is 0 Å². The van der Waals surface area contributed by atoms with Gasteiger partial charge in [0.15, 0.2) is 0 Å². The van der Waals surface area contributed by atoms with E-state index in [-0.39, 0.29) is 18.4 Å². The van der Waals surface area contributed by atoms with Crippen LogP contribution < -0.4 is 0 Å². The fraction of sp³-hybridized carbons (Fsp3) is 0.353. The van der Waals surface area contributed by atoms with E-state index in [2.05, 4.69) is 9.72 Å². The Hall–Kier alpha value is -2.63. The molecule has 2 aromatic rings. The molecule has 2 rings (SSSR count). The third-order valence-electron chi connectivity index (χ3n) is 3.73. The molecular formula is C17H20N2O4. The van der Waals surface area contributed by atoms with Crippen molar-refractivity contribution in [3.8, 4) is 0 Å². The van der Waals surface area contributed by atoms with Crippen LogP contribution in [0.25, 0.3) is 0 Å². The third kappa shape index (κ3) is 3.97. The number of aryl methyl sites for hydroxylation is 1. The first kappa shape index (κ1) is 16.7. The molecule has 0 bridgehead atoms. The number of hydrogen-bond donors (Lipinski definition) is 0. The molecule has 0 aromatic carbocycles. The van der Waals surface area contributed by atoms with Gasteiger partial charge in [-0.05, 0) is 31.0 Å². The highest BCUT2D eigenvalue weighted by molar-refractivity contribution is 5.91. The predicted molar refractivity (Wildman–Crippen MR) is 84.2 cm³/mol. The largest absolute Gasteiger partial charge is 0.469 e. The molecule has 0 spiro atoms. The highest BCUT2D eigenvalue weighted by atomic mass is 16.5. The molecule has 0 N–H and O–H groups in total. The molecule has 0 amide bonds. The van der Waals surface area contributed by atoms with E-state index in [0.717, 1.165) is 17.0 Å². The number of ether oxygens (including phenoxy) is 2. The summed E-state index contributed by atoms with van der Waals surface area (Å²) in [4.78, 5) is 27.4. The Morgan fingerprint density at radius 1 is 1.26 bits per heavy atom. The summed E-state index contributed by atoms with van der Waals surface area (Å²) >= 11 is 0. The van der Waals surface area contributed by atoms with Gasteiger partial charge in [0.05, 0.1) is 26.2 Å². The molecule has 2 aromatic heterocycles. The lowest BCUT2D eigenvalue weighted by molar-refractivity contribution is -0.140. The minimum Gasteiger partial charge on any atom is -0.469 e. The summed E-state index contributed by atoms with van der Waals surface area (Å²) in [6.45, 7) is 2.44. The first-order valence-electron chi connectivity index (χ1n) is 7.29. The minimum absolute atomic E-state index is 0.258. The number of hydrogen-bond acceptors (Lipinski definition) is 5. The zero-order chi connectivity index (χ0) is 16.8. The maximum absolute atomic E-state index is 11.9. The van der Waals surface area contributed by atoms with Crippen molar-refractivity contribution in [3.63, 3.8) is 0 Å². The van der Waals surface area contributed by atoms with Gasteiger partial charge in [0.1, 0.15) is 0 Å². The second-order valence-corrected chi connectivity index (χ2v) is 5.15. The van der Waals surface area contributed by atoms with E-state index in [1.54, 1.807) is 18.5 Å². The molecule has 0 aliphatic rings. The number of rotatable bonds is 6. The Morgan fingerprint density at radius 2 is 2.04 bits per heavy atom. The quantitative estimate of drug-likeness (QED) is 0.764. The molecule has 0 aliphatic carbocycles. The summed E-state index contributed by atoms with van der Waals surface area (Å²) in [7, 11) is 2.72. The number of methoxy groups -OCH3 is 2. The average Bonchev–Trinajstić information content (AvgIpc) is 2.89. The van der Waals surface area contributed by atoms with Crippen molar-refractivity contribution in [1.29, 1.82) is 0 Å². The molecule has 2 heterocycles. The summed E-state index contributed by atoms with van der Waals surface area (Å²) in [6.07, 6.45) is 4.24. The molecule has 23 heavy (non-hydrogen) atoms. The monoisotopic (exact) mass is 316 g/mol. The lowest BCUT2D eigenvalue weighted by Gasteiger charge is -2.11. The van der Waals surface area contributed by atoms with Crippen molar-refractivity contribution >= 4 is 11.9 Å². The molecule has 0 fully saturated rings. The Balaban J connectivity index is 2.34. The van der Waals surface area contributed by atoms with Crippen LogP contribution in [0.5, 0.6) is 0 Å². The van der Waals surface area contributed by atoms with Crippen LogP contribution in [0, 0.1) is 6.92 Å². The highest BCUT2D eigenvalue weighted by Gasteiger charge is 2.18. The maximum Gasteiger partial charge on any atom is 0.339 e. The first-order valence-corrected chi connectivity index (χ1v) is 7.29. The van der Waals surface area contributed by atoms with Crippen molar-refractivity contribution in [2.24, 2.45) is 0 Å². The fourth-order valence-corrected chi connectivity index (χ4v) is 2.46. The van der Waals surface area contributed by atoms with Crippen molar-refractivity contribution in [1.82, 2.24) is 9.55 Å². The van der Waals surface area contributed by atoms with Crippen molar-refractivity contribution in [2.45, 2.75) is 26.3 Å². The van der Waals surface area contributed by atoms with Crippen LogP contribution >= 0.6 is 0 Å². The Labute approximate surface area is 135 Å². The summed E-state index contributed by atoms with van der Waals surface area (Å²) < 4.78 is 11.5. The van der Waals surface area contributed by atoms with Gasteiger partial charge < -0.3 is 14.0 Å². The minimum atomic E-state index is -0.383. The molecule has 6 nitrogen and oxygen atoms in total. The lowest BCUT2D eigenvalue weighted by Crippen LogP contribution is -2.10. The Morgan fingerprint density at radius 3 is 2.65 bits per heavy atom. The average molecular weight is 316 g/mol. The third-order valence-corrected chi connectivity index (χ3v) is 3.73. The van der Waals surface area contributed by atoms with E-state index in [4.69, 9.17) is 4.74 Å². The van der Waals surface area contributed by atoms with Gasteiger partial charge in [0.25, 0.3) is 0 Å². The highest BCUT2D eigenvalue weighted by Crippen LogP contribution is 2.20. The number of pyridine rings is 1. The molecule has 0 unspecified atom stereocenters. The van der Waals surface area contributed by atoms with Gasteiger partial charge in [0.2, 0.25) is 0 Å². The summed E-state index contributed by atoms with van der Waals surface area (Å²) in [6, 6.07) is 5.61. The lowest BCUT2D eigenvalue weighted by atomic mass is 10.2. The predicted octanol–water partition coefficient (Wildman–Crippen LogP) is 2.13. The summed E-state index contributed by atoms with van der Waals surface area (Å²) in [5, 5.41) is 0. The van der Waals surface area contributed by atoms with Crippen molar-refractivity contribution in [3.05, 3.63) is 53.1 Å². The van der Waals surface area contributed by atoms with Crippen molar-refractivity contribution < 1.29 is 19.1 Å². The summed E-state index contributed by atoms with van der Waals surface area (Å²) in [5.74, 6) is -0.664. The second-order valence-electron chi connectivity index (χ2n) is 5.15. The van der Waals surface area contributed by atoms with Gasteiger partial charge >= 0.3 is 11.9 Å². The molecule has 0 aliphatic heterocycles. The van der Waals surface area contributed by atoms with Crippen LogP contribution in [0.15, 0.2) is 30.6 Å². The van der Waals surface area contributed by atoms with Crippen LogP contribution in [-0.2, 0) is 27.2 Å². The SMILES string of the molecule is COC(=O)CCc1cc(C(=O)OC)c(C)n1Cc1cccnc1. The van der Waals surface area contributed by atoms with Gasteiger partial charge in [-0.3, -0.25) is 9.78 Å². The van der Waals surface area contributed by atoms with Crippen LogP contribution in [0.2, 0.25) is 0 Å². The number of aromatic nitrogens is 2. The van der Waals surface area contributed by atoms with Crippen LogP contribution in [0.4, 0.5) is 0 Å². The van der Waals surface area contributed by atoms with E-state index in [9.17, 15) is 9.59 Å². The van der Waals surface area contributed by atoms with Gasteiger partial charge in [-0.25, -0.2) is 4.79 Å². The van der Waals surface area contributed by atoms with E-state index < -0.39 is 0 Å². The van der Waals surface area contributed by atoms with Crippen LogP contribution in [0.1, 0.15) is 33.7 Å². The van der Waals surface area contributed by atoms with Gasteiger partial charge in [-0.15, -0.1) is 0 Å². The zero-order valence-corrected chi connectivity index (χ0v) is 13.5. The topological polar surface area (TPSA) is 70.4 Å². The van der Waals surface area contributed by atoms with Gasteiger partial charge in [0, 0.05) is 30.3 Å². The second kappa shape index (κ2) is 7.58. The number of esters is 2. The number of nitrogens with zero attached hydrogens (tertiary/aromatic N) is 2. The Kier molecular flexibility index (Phi) is 5.51. The molecule has 0 radical (unpaired) electrons. The molecule has 0 saturated carbocycles. The molecular weight excluding hydrogens is 296 g/mol. The summed E-state index contributed by atoms with van der Waals surface area (Å²) in [5.41, 5.74) is 3.22. The number of carbonyl (C=O) groups excluding carboxylic acids is 2. The van der Waals surface area contributed by atoms with Gasteiger partial charge in [-0.1, -0.05) is 6.07 Å². The first-order chi connectivity index (χ1) is 11.1. The van der Waals surface area contributed by atoms with E-state index in [1.807, 2.05) is 23.6 Å². The molecule has 0 saturated heterocycles. The molecule has 6 heteroatoms. The van der Waals surface area contributed by atoms with Crippen LogP contribution in [0.3, 0.4) is 0 Å². The molecule has 122 valence electrons.